The van der Waals surface area contributed by atoms with E-state index >= 15 is 0 Å². The smallest absolute Gasteiger partial charge is 0.135 e. The highest BCUT2D eigenvalue weighted by Crippen LogP contribution is 2.25. The van der Waals surface area contributed by atoms with Gasteiger partial charge in [0.05, 0.1) is 17.9 Å². The minimum absolute atomic E-state index is 0.210. The van der Waals surface area contributed by atoms with Gasteiger partial charge < -0.3 is 10.3 Å². The van der Waals surface area contributed by atoms with E-state index in [1.165, 1.54) is 12.1 Å². The normalized spacial score (nSPS) is 19.3. The number of hydrogen-bond donors (Lipinski definition) is 2. The van der Waals surface area contributed by atoms with Gasteiger partial charge in [-0.25, -0.2) is 13.8 Å². The van der Waals surface area contributed by atoms with E-state index in [4.69, 9.17) is 0 Å². The Morgan fingerprint density at radius 2 is 2.17 bits per heavy atom. The largest absolute Gasteiger partial charge is 0.341 e. The van der Waals surface area contributed by atoms with E-state index < -0.39 is 11.6 Å². The molecule has 2 aromatic rings. The van der Waals surface area contributed by atoms with Gasteiger partial charge >= 0.3 is 0 Å². The lowest BCUT2D eigenvalue weighted by Crippen LogP contribution is -2.14. The number of H-pyrrole nitrogens is 1. The molecule has 1 aliphatic heterocycles. The van der Waals surface area contributed by atoms with Gasteiger partial charge in [-0.3, -0.25) is 0 Å². The maximum Gasteiger partial charge on any atom is 0.135 e. The molecule has 1 atom stereocenters. The predicted molar refractivity (Wildman–Crippen MR) is 63.9 cm³/mol. The van der Waals surface area contributed by atoms with Gasteiger partial charge in [-0.05, 0) is 31.5 Å². The van der Waals surface area contributed by atoms with Gasteiger partial charge in [0, 0.05) is 11.6 Å². The van der Waals surface area contributed by atoms with Crippen molar-refractivity contribution in [1.29, 1.82) is 0 Å². The van der Waals surface area contributed by atoms with Crippen LogP contribution in [0.4, 0.5) is 8.78 Å². The van der Waals surface area contributed by atoms with Crippen LogP contribution in [0.25, 0.3) is 11.3 Å². The highest BCUT2D eigenvalue weighted by Gasteiger charge is 2.19. The molecule has 0 unspecified atom stereocenters. The first-order chi connectivity index (χ1) is 8.74. The van der Waals surface area contributed by atoms with Crippen molar-refractivity contribution >= 4 is 0 Å². The minimum atomic E-state index is -0.579. The summed E-state index contributed by atoms with van der Waals surface area (Å²) in [4.78, 5) is 7.36. The molecule has 0 aliphatic carbocycles. The molecule has 0 spiro atoms. The molecule has 2 N–H and O–H groups in total. The fraction of sp³-hybridized carbons (Fsp3) is 0.308. The van der Waals surface area contributed by atoms with E-state index in [1.807, 2.05) is 0 Å². The molecule has 18 heavy (non-hydrogen) atoms. The summed E-state index contributed by atoms with van der Waals surface area (Å²) in [5.41, 5.74) is 0.921. The number of benzene rings is 1. The molecule has 1 aromatic carbocycles. The van der Waals surface area contributed by atoms with Crippen molar-refractivity contribution in [1.82, 2.24) is 15.3 Å². The maximum atomic E-state index is 13.6. The van der Waals surface area contributed by atoms with Gasteiger partial charge in [-0.2, -0.15) is 0 Å². The topological polar surface area (TPSA) is 40.7 Å². The lowest BCUT2D eigenvalue weighted by atomic mass is 10.1. The summed E-state index contributed by atoms with van der Waals surface area (Å²) < 4.78 is 26.5. The van der Waals surface area contributed by atoms with Crippen LogP contribution in [0.15, 0.2) is 24.4 Å². The summed E-state index contributed by atoms with van der Waals surface area (Å²) in [5.74, 6) is -0.343. The van der Waals surface area contributed by atoms with E-state index in [1.54, 1.807) is 6.20 Å². The Hall–Kier alpha value is -1.75. The number of aromatic amines is 1. The summed E-state index contributed by atoms with van der Waals surface area (Å²) in [5, 5.41) is 3.31. The molecule has 0 saturated carbocycles. The van der Waals surface area contributed by atoms with Crippen LogP contribution in [-0.4, -0.2) is 16.5 Å². The maximum absolute atomic E-state index is 13.6. The first-order valence-corrected chi connectivity index (χ1v) is 5.98. The molecular formula is C13H13F2N3. The lowest BCUT2D eigenvalue weighted by molar-refractivity contribution is 0.585. The van der Waals surface area contributed by atoms with Crippen molar-refractivity contribution in [3.63, 3.8) is 0 Å². The van der Waals surface area contributed by atoms with Crippen molar-refractivity contribution in [2.45, 2.75) is 18.9 Å². The lowest BCUT2D eigenvalue weighted by Gasteiger charge is -2.05. The average Bonchev–Trinajstić information content (AvgIpc) is 2.99. The van der Waals surface area contributed by atoms with Crippen molar-refractivity contribution in [2.24, 2.45) is 0 Å². The highest BCUT2D eigenvalue weighted by atomic mass is 19.1. The standard InChI is InChI=1S/C13H13F2N3/c14-8-3-4-9(10(15)6-8)12-7-17-13(18-12)11-2-1-5-16-11/h3-4,6-7,11,16H,1-2,5H2,(H,17,18)/t11-/m0/s1. The molecule has 1 aromatic heterocycles. The van der Waals surface area contributed by atoms with E-state index in [0.717, 1.165) is 31.3 Å². The third-order valence-corrected chi connectivity index (χ3v) is 3.21. The summed E-state index contributed by atoms with van der Waals surface area (Å²) in [7, 11) is 0. The SMILES string of the molecule is Fc1ccc(-c2cnc([C@@H]3CCCN3)[nH]2)c(F)c1. The van der Waals surface area contributed by atoms with Gasteiger partial charge in [0.2, 0.25) is 0 Å². The minimum Gasteiger partial charge on any atom is -0.341 e. The molecule has 0 radical (unpaired) electrons. The number of nitrogens with one attached hydrogen (secondary N) is 2. The third-order valence-electron chi connectivity index (χ3n) is 3.21. The second-order valence-electron chi connectivity index (χ2n) is 4.46. The van der Waals surface area contributed by atoms with Gasteiger partial charge in [0.25, 0.3) is 0 Å². The summed E-state index contributed by atoms with van der Waals surface area (Å²) in [6.45, 7) is 0.978. The van der Waals surface area contributed by atoms with Crippen LogP contribution in [0.2, 0.25) is 0 Å². The zero-order chi connectivity index (χ0) is 12.5. The fourth-order valence-corrected chi connectivity index (χ4v) is 2.28. The van der Waals surface area contributed by atoms with Crippen LogP contribution in [0.3, 0.4) is 0 Å². The summed E-state index contributed by atoms with van der Waals surface area (Å²) in [6, 6.07) is 3.75. The second-order valence-corrected chi connectivity index (χ2v) is 4.46. The Labute approximate surface area is 103 Å². The quantitative estimate of drug-likeness (QED) is 0.859. The molecule has 3 rings (SSSR count). The molecule has 3 nitrogen and oxygen atoms in total. The van der Waals surface area contributed by atoms with Gasteiger partial charge in [-0.1, -0.05) is 0 Å². The number of nitrogens with zero attached hydrogens (tertiary/aromatic N) is 1. The highest BCUT2D eigenvalue weighted by molar-refractivity contribution is 5.59. The molecule has 0 amide bonds. The molecule has 1 fully saturated rings. The number of imidazole rings is 1. The molecule has 94 valence electrons. The van der Waals surface area contributed by atoms with Crippen molar-refractivity contribution < 1.29 is 8.78 Å². The van der Waals surface area contributed by atoms with E-state index in [0.29, 0.717) is 11.3 Å². The van der Waals surface area contributed by atoms with E-state index in [9.17, 15) is 8.78 Å². The average molecular weight is 249 g/mol. The Morgan fingerprint density at radius 3 is 2.89 bits per heavy atom. The van der Waals surface area contributed by atoms with Crippen LogP contribution in [-0.2, 0) is 0 Å². The summed E-state index contributed by atoms with van der Waals surface area (Å²) >= 11 is 0. The van der Waals surface area contributed by atoms with Crippen LogP contribution >= 0.6 is 0 Å². The number of rotatable bonds is 2. The second kappa shape index (κ2) is 4.49. The number of aromatic nitrogens is 2. The van der Waals surface area contributed by atoms with Gasteiger partial charge in [0.15, 0.2) is 0 Å². The Morgan fingerprint density at radius 1 is 1.28 bits per heavy atom. The number of halogens is 2. The molecule has 2 heterocycles. The van der Waals surface area contributed by atoms with Gasteiger partial charge in [-0.15, -0.1) is 0 Å². The van der Waals surface area contributed by atoms with E-state index in [-0.39, 0.29) is 6.04 Å². The van der Waals surface area contributed by atoms with Crippen molar-refractivity contribution in [3.05, 3.63) is 41.9 Å². The van der Waals surface area contributed by atoms with Crippen molar-refractivity contribution in [3.8, 4) is 11.3 Å². The molecule has 1 aliphatic rings. The molecule has 1 saturated heterocycles. The Bertz CT molecular complexity index is 559. The zero-order valence-electron chi connectivity index (χ0n) is 9.71. The first kappa shape index (κ1) is 11.3. The Balaban J connectivity index is 1.92. The predicted octanol–water partition coefficient (Wildman–Crippen LogP) is 2.78. The fourth-order valence-electron chi connectivity index (χ4n) is 2.28. The van der Waals surface area contributed by atoms with Crippen LogP contribution in [0.5, 0.6) is 0 Å². The van der Waals surface area contributed by atoms with Crippen molar-refractivity contribution in [2.75, 3.05) is 6.54 Å². The summed E-state index contributed by atoms with van der Waals surface area (Å²) in [6.07, 6.45) is 3.73. The molecule has 0 bridgehead atoms. The third kappa shape index (κ3) is 2.01. The molecular weight excluding hydrogens is 236 g/mol. The van der Waals surface area contributed by atoms with E-state index in [2.05, 4.69) is 15.3 Å². The zero-order valence-corrected chi connectivity index (χ0v) is 9.71. The first-order valence-electron chi connectivity index (χ1n) is 5.98. The number of hydrogen-bond acceptors (Lipinski definition) is 2. The monoisotopic (exact) mass is 249 g/mol. The van der Waals surface area contributed by atoms with Gasteiger partial charge in [0.1, 0.15) is 17.5 Å². The van der Waals surface area contributed by atoms with Crippen LogP contribution in [0, 0.1) is 11.6 Å². The van der Waals surface area contributed by atoms with Crippen LogP contribution in [0.1, 0.15) is 24.7 Å². The molecule has 5 heteroatoms. The van der Waals surface area contributed by atoms with Crippen LogP contribution < -0.4 is 5.32 Å². The Kier molecular flexibility index (Phi) is 2.83.